The van der Waals surface area contributed by atoms with Gasteiger partial charge >= 0.3 is 11.9 Å². The van der Waals surface area contributed by atoms with Crippen molar-refractivity contribution in [2.45, 2.75) is 59.3 Å². The summed E-state index contributed by atoms with van der Waals surface area (Å²) in [6.45, 7) is 7.05. The van der Waals surface area contributed by atoms with Gasteiger partial charge in [-0.1, -0.05) is 40.0 Å². The first kappa shape index (κ1) is 16.9. The number of ether oxygens (including phenoxy) is 2. The first-order valence-corrected chi connectivity index (χ1v) is 6.91. The Kier molecular flexibility index (Phi) is 10.4. The number of hydrogen-bond donors (Lipinski definition) is 0. The minimum absolute atomic E-state index is 0.114. The van der Waals surface area contributed by atoms with Gasteiger partial charge in [0.25, 0.3) is 0 Å². The Morgan fingerprint density at radius 3 is 2.17 bits per heavy atom. The third kappa shape index (κ3) is 10.1. The fourth-order valence-corrected chi connectivity index (χ4v) is 1.24. The molecular weight excluding hydrogens is 232 g/mol. The van der Waals surface area contributed by atoms with E-state index in [1.807, 2.05) is 13.8 Å². The quantitative estimate of drug-likeness (QED) is 0.446. The second-order valence-electron chi connectivity index (χ2n) is 4.62. The highest BCUT2D eigenvalue weighted by Crippen LogP contribution is 2.03. The fraction of sp³-hybridized carbons (Fsp3) is 0.857. The van der Waals surface area contributed by atoms with Gasteiger partial charge in [0.1, 0.15) is 0 Å². The molecule has 0 rings (SSSR count). The molecule has 0 saturated heterocycles. The van der Waals surface area contributed by atoms with Crippen LogP contribution >= 0.6 is 0 Å². The van der Waals surface area contributed by atoms with Gasteiger partial charge in [-0.25, -0.2) is 0 Å². The summed E-state index contributed by atoms with van der Waals surface area (Å²) in [5, 5.41) is 0. The lowest BCUT2D eigenvalue weighted by Gasteiger charge is -2.09. The van der Waals surface area contributed by atoms with Crippen LogP contribution in [0.2, 0.25) is 0 Å². The van der Waals surface area contributed by atoms with Crippen LogP contribution in [0.3, 0.4) is 0 Å². The molecule has 4 nitrogen and oxygen atoms in total. The summed E-state index contributed by atoms with van der Waals surface area (Å²) in [5.41, 5.74) is 0. The molecule has 0 aliphatic heterocycles. The molecule has 0 aromatic rings. The highest BCUT2D eigenvalue weighted by molar-refractivity contribution is 5.77. The summed E-state index contributed by atoms with van der Waals surface area (Å²) in [6.07, 6.45) is 4.26. The first-order chi connectivity index (χ1) is 8.60. The Bertz CT molecular complexity index is 238. The van der Waals surface area contributed by atoms with E-state index in [2.05, 4.69) is 6.92 Å². The Labute approximate surface area is 110 Å². The zero-order valence-electron chi connectivity index (χ0n) is 11.9. The van der Waals surface area contributed by atoms with E-state index in [9.17, 15) is 9.59 Å². The van der Waals surface area contributed by atoms with E-state index < -0.39 is 0 Å². The van der Waals surface area contributed by atoms with E-state index in [1.165, 1.54) is 0 Å². The van der Waals surface area contributed by atoms with Crippen LogP contribution in [0.5, 0.6) is 0 Å². The van der Waals surface area contributed by atoms with Gasteiger partial charge in [-0.2, -0.15) is 0 Å². The van der Waals surface area contributed by atoms with Gasteiger partial charge in [-0.3, -0.25) is 9.59 Å². The molecule has 0 aliphatic rings. The Hall–Kier alpha value is -1.06. The van der Waals surface area contributed by atoms with Gasteiger partial charge in [-0.15, -0.1) is 0 Å². The van der Waals surface area contributed by atoms with Crippen molar-refractivity contribution in [3.63, 3.8) is 0 Å². The minimum Gasteiger partial charge on any atom is -0.466 e. The van der Waals surface area contributed by atoms with Crippen molar-refractivity contribution in [1.82, 2.24) is 0 Å². The predicted molar refractivity (Wildman–Crippen MR) is 70.1 cm³/mol. The van der Waals surface area contributed by atoms with Crippen molar-refractivity contribution in [3.8, 4) is 0 Å². The average Bonchev–Trinajstić information content (AvgIpc) is 2.38. The Morgan fingerprint density at radius 1 is 1.00 bits per heavy atom. The molecule has 0 N–H and O–H groups in total. The molecule has 1 unspecified atom stereocenters. The van der Waals surface area contributed by atoms with Crippen LogP contribution in [-0.4, -0.2) is 25.2 Å². The standard InChI is InChI=1S/C14H26O4/c1-4-6-7-10-17-13(15)8-9-14(16)18-11-12(3)5-2/h12H,4-11H2,1-3H3. The maximum atomic E-state index is 11.3. The number of unbranched alkanes of at least 4 members (excludes halogenated alkanes) is 2. The summed E-state index contributed by atoms with van der Waals surface area (Å²) in [5.74, 6) is -0.262. The highest BCUT2D eigenvalue weighted by atomic mass is 16.5. The maximum absolute atomic E-state index is 11.3. The third-order valence-corrected chi connectivity index (χ3v) is 2.77. The van der Waals surface area contributed by atoms with Crippen molar-refractivity contribution in [2.24, 2.45) is 5.92 Å². The van der Waals surface area contributed by atoms with Crippen LogP contribution in [0.25, 0.3) is 0 Å². The predicted octanol–water partition coefficient (Wildman–Crippen LogP) is 3.09. The first-order valence-electron chi connectivity index (χ1n) is 6.91. The summed E-state index contributed by atoms with van der Waals surface area (Å²) in [7, 11) is 0. The molecule has 0 amide bonds. The van der Waals surface area contributed by atoms with Crippen LogP contribution in [-0.2, 0) is 19.1 Å². The topological polar surface area (TPSA) is 52.6 Å². The van der Waals surface area contributed by atoms with Gasteiger partial charge < -0.3 is 9.47 Å². The van der Waals surface area contributed by atoms with Crippen LogP contribution in [0.15, 0.2) is 0 Å². The maximum Gasteiger partial charge on any atom is 0.306 e. The highest BCUT2D eigenvalue weighted by Gasteiger charge is 2.10. The van der Waals surface area contributed by atoms with E-state index in [0.29, 0.717) is 19.1 Å². The van der Waals surface area contributed by atoms with Gasteiger partial charge in [-0.05, 0) is 12.3 Å². The molecular formula is C14H26O4. The molecule has 18 heavy (non-hydrogen) atoms. The number of hydrogen-bond acceptors (Lipinski definition) is 4. The lowest BCUT2D eigenvalue weighted by molar-refractivity contribution is -0.151. The average molecular weight is 258 g/mol. The largest absolute Gasteiger partial charge is 0.466 e. The Morgan fingerprint density at radius 2 is 1.61 bits per heavy atom. The summed E-state index contributed by atoms with van der Waals surface area (Å²) >= 11 is 0. The summed E-state index contributed by atoms with van der Waals surface area (Å²) < 4.78 is 10.0. The van der Waals surface area contributed by atoms with Crippen LogP contribution in [0, 0.1) is 5.92 Å². The molecule has 0 aromatic heterocycles. The molecule has 0 bridgehead atoms. The van der Waals surface area contributed by atoms with Gasteiger partial charge in [0.15, 0.2) is 0 Å². The van der Waals surface area contributed by atoms with Crippen LogP contribution in [0.4, 0.5) is 0 Å². The molecule has 0 radical (unpaired) electrons. The van der Waals surface area contributed by atoms with Crippen LogP contribution in [0.1, 0.15) is 59.3 Å². The molecule has 0 fully saturated rings. The summed E-state index contributed by atoms with van der Waals surface area (Å²) in [6, 6.07) is 0. The lowest BCUT2D eigenvalue weighted by atomic mass is 10.1. The zero-order valence-corrected chi connectivity index (χ0v) is 11.9. The van der Waals surface area contributed by atoms with E-state index >= 15 is 0 Å². The smallest absolute Gasteiger partial charge is 0.306 e. The number of esters is 2. The number of carbonyl (C=O) groups is 2. The molecule has 0 heterocycles. The molecule has 0 spiro atoms. The lowest BCUT2D eigenvalue weighted by Crippen LogP contribution is -2.14. The second kappa shape index (κ2) is 11.1. The molecule has 0 aliphatic carbocycles. The van der Waals surface area contributed by atoms with Gasteiger partial charge in [0, 0.05) is 0 Å². The molecule has 106 valence electrons. The van der Waals surface area contributed by atoms with Crippen molar-refractivity contribution in [3.05, 3.63) is 0 Å². The van der Waals surface area contributed by atoms with Gasteiger partial charge in [0.2, 0.25) is 0 Å². The van der Waals surface area contributed by atoms with Crippen molar-refractivity contribution in [2.75, 3.05) is 13.2 Å². The minimum atomic E-state index is -0.319. The fourth-order valence-electron chi connectivity index (χ4n) is 1.24. The third-order valence-electron chi connectivity index (χ3n) is 2.77. The van der Waals surface area contributed by atoms with E-state index in [-0.39, 0.29) is 24.8 Å². The van der Waals surface area contributed by atoms with E-state index in [4.69, 9.17) is 9.47 Å². The SMILES string of the molecule is CCCCCOC(=O)CCC(=O)OCC(C)CC. The van der Waals surface area contributed by atoms with Crippen molar-refractivity contribution >= 4 is 11.9 Å². The number of carbonyl (C=O) groups excluding carboxylic acids is 2. The second-order valence-corrected chi connectivity index (χ2v) is 4.62. The number of rotatable bonds is 10. The van der Waals surface area contributed by atoms with Gasteiger partial charge in [0.05, 0.1) is 26.1 Å². The van der Waals surface area contributed by atoms with E-state index in [0.717, 1.165) is 25.7 Å². The van der Waals surface area contributed by atoms with Crippen molar-refractivity contribution < 1.29 is 19.1 Å². The Balaban J connectivity index is 3.50. The molecule has 4 heteroatoms. The monoisotopic (exact) mass is 258 g/mol. The summed E-state index contributed by atoms with van der Waals surface area (Å²) in [4.78, 5) is 22.6. The molecule has 0 saturated carbocycles. The molecule has 1 atom stereocenters. The van der Waals surface area contributed by atoms with Crippen LogP contribution < -0.4 is 0 Å². The van der Waals surface area contributed by atoms with E-state index in [1.54, 1.807) is 0 Å². The molecule has 0 aromatic carbocycles. The zero-order chi connectivity index (χ0) is 13.8. The van der Waals surface area contributed by atoms with Crippen molar-refractivity contribution in [1.29, 1.82) is 0 Å². The normalized spacial score (nSPS) is 11.9.